The van der Waals surface area contributed by atoms with Crippen LogP contribution in [0, 0.1) is 0 Å². The monoisotopic (exact) mass is 341 g/mol. The van der Waals surface area contributed by atoms with E-state index >= 15 is 0 Å². The van der Waals surface area contributed by atoms with Crippen LogP contribution < -0.4 is 11.2 Å². The molecule has 0 aliphatic carbocycles. The second kappa shape index (κ2) is 6.97. The van der Waals surface area contributed by atoms with Gasteiger partial charge in [0.05, 0.1) is 5.52 Å². The predicted molar refractivity (Wildman–Crippen MR) is 98.7 cm³/mol. The summed E-state index contributed by atoms with van der Waals surface area (Å²) in [4.78, 5) is 12.7. The van der Waals surface area contributed by atoms with Crippen LogP contribution in [0.15, 0.2) is 48.5 Å². The van der Waals surface area contributed by atoms with Crippen molar-refractivity contribution in [3.63, 3.8) is 0 Å². The highest BCUT2D eigenvalue weighted by atomic mass is 35.5. The maximum atomic E-state index is 12.7. The van der Waals surface area contributed by atoms with Crippen LogP contribution in [-0.2, 0) is 13.0 Å². The zero-order valence-corrected chi connectivity index (χ0v) is 14.3. The summed E-state index contributed by atoms with van der Waals surface area (Å²) in [5.74, 6) is 6.04. The van der Waals surface area contributed by atoms with E-state index in [9.17, 15) is 4.79 Å². The minimum atomic E-state index is -0.160. The van der Waals surface area contributed by atoms with E-state index < -0.39 is 0 Å². The molecule has 5 heteroatoms. The number of amides is 1. The molecule has 0 saturated heterocycles. The fourth-order valence-corrected chi connectivity index (χ4v) is 3.08. The van der Waals surface area contributed by atoms with Crippen molar-refractivity contribution in [1.82, 2.24) is 9.99 Å². The molecule has 0 aliphatic heterocycles. The van der Waals surface area contributed by atoms with Crippen LogP contribution in [0.1, 0.15) is 35.0 Å². The fraction of sp³-hybridized carbons (Fsp3) is 0.211. The Morgan fingerprint density at radius 2 is 1.88 bits per heavy atom. The largest absolute Gasteiger partial charge is 0.347 e. The lowest BCUT2D eigenvalue weighted by Gasteiger charge is -2.09. The molecule has 3 aromatic rings. The van der Waals surface area contributed by atoms with Crippen LogP contribution >= 0.6 is 11.6 Å². The molecule has 0 bridgehead atoms. The molecular formula is C19H20ClN3O. The SMILES string of the molecule is CCCc1c(C(=O)NCc2ccc(Cl)cc2)n(N)c2ccccc12. The lowest BCUT2D eigenvalue weighted by molar-refractivity contribution is 0.0943. The van der Waals surface area contributed by atoms with Crippen LogP contribution in [0.5, 0.6) is 0 Å². The number of aryl methyl sites for hydroxylation is 1. The van der Waals surface area contributed by atoms with Gasteiger partial charge in [-0.05, 0) is 35.7 Å². The Morgan fingerprint density at radius 1 is 1.17 bits per heavy atom. The van der Waals surface area contributed by atoms with Gasteiger partial charge in [0.15, 0.2) is 0 Å². The smallest absolute Gasteiger partial charge is 0.270 e. The third-order valence-electron chi connectivity index (χ3n) is 4.10. The van der Waals surface area contributed by atoms with E-state index in [-0.39, 0.29) is 5.91 Å². The molecular weight excluding hydrogens is 322 g/mol. The Kier molecular flexibility index (Phi) is 4.76. The Bertz CT molecular complexity index is 868. The zero-order valence-electron chi connectivity index (χ0n) is 13.6. The summed E-state index contributed by atoms with van der Waals surface area (Å²) in [6.45, 7) is 2.53. The lowest BCUT2D eigenvalue weighted by atomic mass is 10.1. The van der Waals surface area contributed by atoms with Gasteiger partial charge in [-0.1, -0.05) is 55.3 Å². The van der Waals surface area contributed by atoms with E-state index in [1.165, 1.54) is 4.68 Å². The molecule has 0 radical (unpaired) electrons. The summed E-state index contributed by atoms with van der Waals surface area (Å²) in [5.41, 5.74) is 3.40. The third kappa shape index (κ3) is 3.10. The number of benzene rings is 2. The summed E-state index contributed by atoms with van der Waals surface area (Å²) in [6, 6.07) is 15.3. The molecule has 24 heavy (non-hydrogen) atoms. The van der Waals surface area contributed by atoms with Gasteiger partial charge in [0.2, 0.25) is 0 Å². The Labute approximate surface area is 146 Å². The summed E-state index contributed by atoms with van der Waals surface area (Å²) in [7, 11) is 0. The van der Waals surface area contributed by atoms with E-state index in [1.54, 1.807) is 0 Å². The first kappa shape index (κ1) is 16.4. The highest BCUT2D eigenvalue weighted by Gasteiger charge is 2.20. The van der Waals surface area contributed by atoms with E-state index in [4.69, 9.17) is 17.4 Å². The van der Waals surface area contributed by atoms with Crippen molar-refractivity contribution in [3.05, 3.63) is 70.4 Å². The molecule has 1 heterocycles. The van der Waals surface area contributed by atoms with Crippen molar-refractivity contribution in [1.29, 1.82) is 0 Å². The average Bonchev–Trinajstić information content (AvgIpc) is 2.87. The van der Waals surface area contributed by atoms with Gasteiger partial charge in [0, 0.05) is 17.0 Å². The first-order valence-electron chi connectivity index (χ1n) is 8.02. The fourth-order valence-electron chi connectivity index (χ4n) is 2.95. The van der Waals surface area contributed by atoms with Gasteiger partial charge in [-0.3, -0.25) is 9.47 Å². The highest BCUT2D eigenvalue weighted by Crippen LogP contribution is 2.25. The van der Waals surface area contributed by atoms with Crippen molar-refractivity contribution < 1.29 is 4.79 Å². The average molecular weight is 342 g/mol. The second-order valence-electron chi connectivity index (χ2n) is 5.77. The van der Waals surface area contributed by atoms with Gasteiger partial charge in [0.25, 0.3) is 5.91 Å². The van der Waals surface area contributed by atoms with Crippen LogP contribution in [0.3, 0.4) is 0 Å². The number of carbonyl (C=O) groups is 1. The normalized spacial score (nSPS) is 10.9. The van der Waals surface area contributed by atoms with E-state index in [1.807, 2.05) is 48.5 Å². The second-order valence-corrected chi connectivity index (χ2v) is 6.21. The number of aromatic nitrogens is 1. The van der Waals surface area contributed by atoms with Gasteiger partial charge in [-0.25, -0.2) is 0 Å². The number of para-hydroxylation sites is 1. The number of nitrogens with two attached hydrogens (primary N) is 1. The van der Waals surface area contributed by atoms with Crippen LogP contribution in [0.2, 0.25) is 5.02 Å². The third-order valence-corrected chi connectivity index (χ3v) is 4.35. The van der Waals surface area contributed by atoms with Crippen molar-refractivity contribution >= 4 is 28.4 Å². The number of halogens is 1. The zero-order chi connectivity index (χ0) is 17.1. The number of rotatable bonds is 5. The molecule has 2 aromatic carbocycles. The number of hydrogen-bond acceptors (Lipinski definition) is 2. The summed E-state index contributed by atoms with van der Waals surface area (Å²) < 4.78 is 1.50. The Balaban J connectivity index is 1.89. The molecule has 0 atom stereocenters. The van der Waals surface area contributed by atoms with E-state index in [0.717, 1.165) is 34.9 Å². The molecule has 4 nitrogen and oxygen atoms in total. The van der Waals surface area contributed by atoms with Crippen molar-refractivity contribution in [2.24, 2.45) is 0 Å². The molecule has 0 aliphatic rings. The van der Waals surface area contributed by atoms with Crippen LogP contribution in [0.25, 0.3) is 10.9 Å². The van der Waals surface area contributed by atoms with Gasteiger partial charge in [-0.2, -0.15) is 0 Å². The summed E-state index contributed by atoms with van der Waals surface area (Å²) >= 11 is 5.88. The number of hydrogen-bond donors (Lipinski definition) is 2. The van der Waals surface area contributed by atoms with Crippen LogP contribution in [0.4, 0.5) is 0 Å². The quantitative estimate of drug-likeness (QED) is 0.691. The predicted octanol–water partition coefficient (Wildman–Crippen LogP) is 3.89. The maximum absolute atomic E-state index is 12.7. The van der Waals surface area contributed by atoms with Crippen LogP contribution in [-0.4, -0.2) is 10.6 Å². The van der Waals surface area contributed by atoms with Crippen molar-refractivity contribution in [3.8, 4) is 0 Å². The van der Waals surface area contributed by atoms with Gasteiger partial charge in [0.1, 0.15) is 5.69 Å². The van der Waals surface area contributed by atoms with Crippen molar-refractivity contribution in [2.45, 2.75) is 26.3 Å². The van der Waals surface area contributed by atoms with E-state index in [0.29, 0.717) is 17.3 Å². The summed E-state index contributed by atoms with van der Waals surface area (Å²) in [5, 5.41) is 4.67. The first-order chi connectivity index (χ1) is 11.6. The molecule has 3 N–H and O–H groups in total. The number of nitrogens with one attached hydrogen (secondary N) is 1. The Hall–Kier alpha value is -2.46. The number of nitrogens with zero attached hydrogens (tertiary/aromatic N) is 1. The van der Waals surface area contributed by atoms with Gasteiger partial charge in [-0.15, -0.1) is 0 Å². The molecule has 1 aromatic heterocycles. The topological polar surface area (TPSA) is 60.0 Å². The molecule has 0 unspecified atom stereocenters. The van der Waals surface area contributed by atoms with Gasteiger partial charge < -0.3 is 11.2 Å². The first-order valence-corrected chi connectivity index (χ1v) is 8.39. The standard InChI is InChI=1S/C19H20ClN3O/c1-2-5-16-15-6-3-4-7-17(15)23(21)18(16)19(24)22-12-13-8-10-14(20)11-9-13/h3-4,6-11H,2,5,12,21H2,1H3,(H,22,24). The number of carbonyl (C=O) groups excluding carboxylic acids is 1. The molecule has 1 amide bonds. The lowest BCUT2D eigenvalue weighted by Crippen LogP contribution is -2.28. The van der Waals surface area contributed by atoms with Gasteiger partial charge >= 0.3 is 0 Å². The molecule has 0 fully saturated rings. The highest BCUT2D eigenvalue weighted by molar-refractivity contribution is 6.30. The minimum absolute atomic E-state index is 0.160. The number of nitrogen functional groups attached to an aromatic ring is 1. The number of fused-ring (bicyclic) bond motifs is 1. The molecule has 0 spiro atoms. The Morgan fingerprint density at radius 3 is 2.58 bits per heavy atom. The maximum Gasteiger partial charge on any atom is 0.270 e. The molecule has 3 rings (SSSR count). The summed E-state index contributed by atoms with van der Waals surface area (Å²) in [6.07, 6.45) is 1.76. The van der Waals surface area contributed by atoms with Crippen molar-refractivity contribution in [2.75, 3.05) is 5.84 Å². The molecule has 124 valence electrons. The molecule has 0 saturated carbocycles. The van der Waals surface area contributed by atoms with E-state index in [2.05, 4.69) is 12.2 Å². The minimum Gasteiger partial charge on any atom is -0.347 e.